The number of para-hydroxylation sites is 1. The van der Waals surface area contributed by atoms with Crippen molar-refractivity contribution < 1.29 is 17.2 Å². The second-order valence-electron chi connectivity index (χ2n) is 4.73. The summed E-state index contributed by atoms with van der Waals surface area (Å²) >= 11 is 0. The highest BCUT2D eigenvalue weighted by molar-refractivity contribution is 7.87. The number of nitrogens with one attached hydrogen (secondary N) is 1. The molecule has 0 amide bonds. The van der Waals surface area contributed by atoms with Crippen LogP contribution in [-0.2, 0) is 16.8 Å². The molecule has 2 aromatic carbocycles. The Hall–Kier alpha value is -2.43. The molecule has 0 spiro atoms. The fraction of sp³-hybridized carbons (Fsp3) is 0.0769. The monoisotopic (exact) mass is 339 g/mol. The molecule has 0 atom stereocenters. The van der Waals surface area contributed by atoms with Crippen LogP contribution in [0.5, 0.6) is 0 Å². The van der Waals surface area contributed by atoms with Gasteiger partial charge in [-0.25, -0.2) is 18.6 Å². The summed E-state index contributed by atoms with van der Waals surface area (Å²) in [4.78, 5) is 0. The molecule has 23 heavy (non-hydrogen) atoms. The molecule has 7 nitrogen and oxygen atoms in total. The molecule has 0 aliphatic rings. The molecule has 0 aliphatic heterocycles. The van der Waals surface area contributed by atoms with Crippen molar-refractivity contribution in [1.29, 1.82) is 0 Å². The van der Waals surface area contributed by atoms with Gasteiger partial charge < -0.3 is 0 Å². The van der Waals surface area contributed by atoms with Crippen molar-refractivity contribution in [2.45, 2.75) is 6.54 Å². The number of nitrogens with two attached hydrogens (primary N) is 1. The predicted molar refractivity (Wildman–Crippen MR) is 78.7 cm³/mol. The first-order valence-corrected chi connectivity index (χ1v) is 7.96. The number of rotatable bonds is 4. The number of aromatic nitrogens is 3. The van der Waals surface area contributed by atoms with E-state index in [9.17, 15) is 17.2 Å². The Morgan fingerprint density at radius 3 is 2.61 bits per heavy atom. The molecule has 120 valence electrons. The number of benzene rings is 2. The summed E-state index contributed by atoms with van der Waals surface area (Å²) in [6.45, 7) is -0.458. The van der Waals surface area contributed by atoms with E-state index in [2.05, 4.69) is 10.3 Å². The van der Waals surface area contributed by atoms with Crippen LogP contribution in [0.15, 0.2) is 36.4 Å². The van der Waals surface area contributed by atoms with Crippen LogP contribution in [0.2, 0.25) is 0 Å². The number of hydrogen-bond donors (Lipinski definition) is 2. The maximum atomic E-state index is 14.3. The highest BCUT2D eigenvalue weighted by Crippen LogP contribution is 2.22. The maximum Gasteiger partial charge on any atom is 0.274 e. The van der Waals surface area contributed by atoms with Crippen molar-refractivity contribution >= 4 is 21.2 Å². The Bertz CT molecular complexity index is 987. The Morgan fingerprint density at radius 1 is 1.13 bits per heavy atom. The first kappa shape index (κ1) is 15.5. The Morgan fingerprint density at radius 2 is 1.87 bits per heavy atom. The average Bonchev–Trinajstić information content (AvgIpc) is 2.92. The standard InChI is InChI=1S/C13H11F2N5O2S/c14-12-8(7-17-23(16,21)22)5-6-11(13(12)15)20-10-4-2-1-3-9(10)18-19-20/h1-6,17H,7H2,(H2,16,21,22). The minimum Gasteiger partial charge on any atom is -0.216 e. The smallest absolute Gasteiger partial charge is 0.216 e. The van der Waals surface area contributed by atoms with Crippen molar-refractivity contribution in [1.82, 2.24) is 19.7 Å². The second kappa shape index (κ2) is 5.65. The summed E-state index contributed by atoms with van der Waals surface area (Å²) in [6.07, 6.45) is 0. The second-order valence-corrected chi connectivity index (χ2v) is 6.11. The zero-order valence-corrected chi connectivity index (χ0v) is 12.4. The van der Waals surface area contributed by atoms with E-state index >= 15 is 0 Å². The van der Waals surface area contributed by atoms with E-state index in [-0.39, 0.29) is 11.3 Å². The van der Waals surface area contributed by atoms with Crippen LogP contribution in [0.25, 0.3) is 16.7 Å². The number of nitrogens with zero attached hydrogens (tertiary/aromatic N) is 3. The van der Waals surface area contributed by atoms with Gasteiger partial charge in [0.15, 0.2) is 11.6 Å². The molecule has 0 bridgehead atoms. The fourth-order valence-corrected chi connectivity index (χ4v) is 2.46. The van der Waals surface area contributed by atoms with Crippen LogP contribution in [0.1, 0.15) is 5.56 Å². The van der Waals surface area contributed by atoms with Crippen molar-refractivity contribution in [3.8, 4) is 5.69 Å². The third kappa shape index (κ3) is 3.04. The van der Waals surface area contributed by atoms with Crippen LogP contribution in [-0.4, -0.2) is 23.4 Å². The maximum absolute atomic E-state index is 14.3. The lowest BCUT2D eigenvalue weighted by atomic mass is 10.1. The van der Waals surface area contributed by atoms with Gasteiger partial charge in [-0.15, -0.1) is 5.10 Å². The molecule has 0 saturated heterocycles. The van der Waals surface area contributed by atoms with Gasteiger partial charge in [0, 0.05) is 12.1 Å². The van der Waals surface area contributed by atoms with Crippen molar-refractivity contribution in [3.05, 3.63) is 53.6 Å². The molecule has 10 heteroatoms. The number of fused-ring (bicyclic) bond motifs is 1. The Labute approximate surface area is 129 Å². The van der Waals surface area contributed by atoms with Crippen LogP contribution in [0.3, 0.4) is 0 Å². The highest BCUT2D eigenvalue weighted by atomic mass is 32.2. The Balaban J connectivity index is 2.03. The van der Waals surface area contributed by atoms with Gasteiger partial charge in [0.1, 0.15) is 11.2 Å². The zero-order chi connectivity index (χ0) is 16.6. The molecule has 3 aromatic rings. The van der Waals surface area contributed by atoms with E-state index in [0.29, 0.717) is 11.0 Å². The predicted octanol–water partition coefficient (Wildman–Crippen LogP) is 0.992. The quantitative estimate of drug-likeness (QED) is 0.740. The molecule has 0 fully saturated rings. The summed E-state index contributed by atoms with van der Waals surface area (Å²) in [5.41, 5.74) is 0.744. The van der Waals surface area contributed by atoms with Gasteiger partial charge >= 0.3 is 0 Å². The summed E-state index contributed by atoms with van der Waals surface area (Å²) < 4.78 is 53.1. The van der Waals surface area contributed by atoms with Gasteiger partial charge in [-0.1, -0.05) is 23.4 Å². The third-order valence-electron chi connectivity index (χ3n) is 3.19. The molecule has 0 aliphatic carbocycles. The molecule has 0 unspecified atom stereocenters. The van der Waals surface area contributed by atoms with Crippen LogP contribution < -0.4 is 9.86 Å². The molecule has 0 radical (unpaired) electrons. The number of hydrogen-bond acceptors (Lipinski definition) is 4. The minimum absolute atomic E-state index is 0.129. The van der Waals surface area contributed by atoms with Gasteiger partial charge in [0.25, 0.3) is 10.2 Å². The van der Waals surface area contributed by atoms with Gasteiger partial charge in [0.05, 0.1) is 5.52 Å². The summed E-state index contributed by atoms with van der Waals surface area (Å²) in [7, 11) is -4.00. The van der Waals surface area contributed by atoms with E-state index in [1.807, 2.05) is 4.72 Å². The topological polar surface area (TPSA) is 103 Å². The van der Waals surface area contributed by atoms with Gasteiger partial charge in [0.2, 0.25) is 0 Å². The first-order valence-electron chi connectivity index (χ1n) is 6.42. The van der Waals surface area contributed by atoms with Crippen molar-refractivity contribution in [2.75, 3.05) is 0 Å². The van der Waals surface area contributed by atoms with E-state index in [1.54, 1.807) is 24.3 Å². The third-order valence-corrected chi connectivity index (χ3v) is 3.73. The summed E-state index contributed by atoms with van der Waals surface area (Å²) in [5.74, 6) is -2.34. The number of halogens is 2. The summed E-state index contributed by atoms with van der Waals surface area (Å²) in [5, 5.41) is 12.4. The molecule has 1 heterocycles. The van der Waals surface area contributed by atoms with Gasteiger partial charge in [-0.2, -0.15) is 13.1 Å². The molecule has 3 N–H and O–H groups in total. The zero-order valence-electron chi connectivity index (χ0n) is 11.6. The van der Waals surface area contributed by atoms with Crippen LogP contribution >= 0.6 is 0 Å². The largest absolute Gasteiger partial charge is 0.274 e. The summed E-state index contributed by atoms with van der Waals surface area (Å²) in [6, 6.07) is 9.38. The molecular formula is C13H11F2N5O2S. The van der Waals surface area contributed by atoms with Crippen molar-refractivity contribution in [2.24, 2.45) is 5.14 Å². The molecule has 1 aromatic heterocycles. The van der Waals surface area contributed by atoms with E-state index in [1.165, 1.54) is 16.8 Å². The minimum atomic E-state index is -4.00. The van der Waals surface area contributed by atoms with Gasteiger partial charge in [-0.05, 0) is 18.2 Å². The average molecular weight is 339 g/mol. The van der Waals surface area contributed by atoms with E-state index in [4.69, 9.17) is 5.14 Å². The van der Waals surface area contributed by atoms with E-state index < -0.39 is 28.4 Å². The molecular weight excluding hydrogens is 328 g/mol. The fourth-order valence-electron chi connectivity index (χ4n) is 2.10. The lowest BCUT2D eigenvalue weighted by Crippen LogP contribution is -2.30. The van der Waals surface area contributed by atoms with E-state index in [0.717, 1.165) is 0 Å². The Kier molecular flexibility index (Phi) is 3.80. The first-order chi connectivity index (χ1) is 10.9. The van der Waals surface area contributed by atoms with Crippen LogP contribution in [0.4, 0.5) is 8.78 Å². The lowest BCUT2D eigenvalue weighted by molar-refractivity contribution is 0.490. The molecule has 3 rings (SSSR count). The normalized spacial score (nSPS) is 12.0. The van der Waals surface area contributed by atoms with Crippen LogP contribution in [0, 0.1) is 11.6 Å². The van der Waals surface area contributed by atoms with Gasteiger partial charge in [-0.3, -0.25) is 0 Å². The molecule has 0 saturated carbocycles. The lowest BCUT2D eigenvalue weighted by Gasteiger charge is -2.09. The SMILES string of the molecule is NS(=O)(=O)NCc1ccc(-n2nnc3ccccc32)c(F)c1F. The highest BCUT2D eigenvalue weighted by Gasteiger charge is 2.18. The van der Waals surface area contributed by atoms with Crippen molar-refractivity contribution in [3.63, 3.8) is 0 Å².